The summed E-state index contributed by atoms with van der Waals surface area (Å²) in [5.74, 6) is 1.75. The molecule has 1 saturated carbocycles. The van der Waals surface area contributed by atoms with Crippen LogP contribution in [0.2, 0.25) is 0 Å². The number of hydrogen-bond donors (Lipinski definition) is 1. The van der Waals surface area contributed by atoms with Crippen LogP contribution in [-0.2, 0) is 6.42 Å². The summed E-state index contributed by atoms with van der Waals surface area (Å²) in [5, 5.41) is 9.33. The summed E-state index contributed by atoms with van der Waals surface area (Å²) in [6.45, 7) is 4.12. The summed E-state index contributed by atoms with van der Waals surface area (Å²) in [4.78, 5) is 0. The monoisotopic (exact) mass is 248 g/mol. The molecule has 1 N–H and O–H groups in total. The van der Waals surface area contributed by atoms with Gasteiger partial charge < -0.3 is 9.84 Å². The average molecular weight is 248 g/mol. The van der Waals surface area contributed by atoms with Crippen LogP contribution in [-0.4, -0.2) is 17.3 Å². The molecular formula is C16H24O2. The predicted octanol–water partition coefficient (Wildman–Crippen LogP) is 3.57. The molecule has 1 aliphatic rings. The lowest BCUT2D eigenvalue weighted by molar-refractivity contribution is 0.129. The second-order valence-electron chi connectivity index (χ2n) is 5.71. The van der Waals surface area contributed by atoms with Crippen LogP contribution < -0.4 is 4.74 Å². The smallest absolute Gasteiger partial charge is 0.119 e. The van der Waals surface area contributed by atoms with Gasteiger partial charge in [0.2, 0.25) is 0 Å². The van der Waals surface area contributed by atoms with Crippen molar-refractivity contribution in [3.63, 3.8) is 0 Å². The molecule has 1 aliphatic carbocycles. The molecule has 3 unspecified atom stereocenters. The van der Waals surface area contributed by atoms with Gasteiger partial charge in [0, 0.05) is 0 Å². The first-order chi connectivity index (χ1) is 8.63. The van der Waals surface area contributed by atoms with Gasteiger partial charge in [-0.3, -0.25) is 0 Å². The highest BCUT2D eigenvalue weighted by Gasteiger charge is 2.20. The Morgan fingerprint density at radius 1 is 1.28 bits per heavy atom. The Labute approximate surface area is 110 Å². The summed E-state index contributed by atoms with van der Waals surface area (Å²) >= 11 is 0. The molecule has 0 radical (unpaired) electrons. The lowest BCUT2D eigenvalue weighted by Crippen LogP contribution is -2.24. The van der Waals surface area contributed by atoms with Crippen molar-refractivity contribution in [3.8, 4) is 5.75 Å². The van der Waals surface area contributed by atoms with Gasteiger partial charge in [-0.15, -0.1) is 0 Å². The molecular weight excluding hydrogens is 224 g/mol. The zero-order valence-corrected chi connectivity index (χ0v) is 11.4. The van der Waals surface area contributed by atoms with Gasteiger partial charge in [-0.25, -0.2) is 0 Å². The molecule has 2 nitrogen and oxygen atoms in total. The molecule has 3 atom stereocenters. The maximum atomic E-state index is 9.33. The van der Waals surface area contributed by atoms with Crippen LogP contribution in [0.1, 0.15) is 45.1 Å². The Balaban J connectivity index is 1.89. The minimum Gasteiger partial charge on any atom is -0.490 e. The number of benzene rings is 1. The van der Waals surface area contributed by atoms with Gasteiger partial charge in [0.1, 0.15) is 5.75 Å². The van der Waals surface area contributed by atoms with Gasteiger partial charge in [-0.2, -0.15) is 0 Å². The highest BCUT2D eigenvalue weighted by atomic mass is 16.5. The van der Waals surface area contributed by atoms with E-state index in [0.29, 0.717) is 12.5 Å². The zero-order chi connectivity index (χ0) is 13.0. The molecule has 0 aliphatic heterocycles. The van der Waals surface area contributed by atoms with E-state index < -0.39 is 0 Å². The van der Waals surface area contributed by atoms with Crippen molar-refractivity contribution in [1.29, 1.82) is 0 Å². The largest absolute Gasteiger partial charge is 0.490 e. The summed E-state index contributed by atoms with van der Waals surface area (Å²) in [5.41, 5.74) is 1.16. The van der Waals surface area contributed by atoms with Gasteiger partial charge in [-0.05, 0) is 56.2 Å². The minimum atomic E-state index is -0.282. The normalized spacial score (nSPS) is 25.7. The Hall–Kier alpha value is -1.02. The van der Waals surface area contributed by atoms with Crippen molar-refractivity contribution < 1.29 is 9.84 Å². The molecule has 0 saturated heterocycles. The second-order valence-corrected chi connectivity index (χ2v) is 5.71. The Morgan fingerprint density at radius 3 is 2.61 bits per heavy atom. The Bertz CT molecular complexity index is 356. The highest BCUT2D eigenvalue weighted by molar-refractivity contribution is 5.27. The van der Waals surface area contributed by atoms with Gasteiger partial charge >= 0.3 is 0 Å². The van der Waals surface area contributed by atoms with Crippen LogP contribution in [0.4, 0.5) is 0 Å². The first kappa shape index (κ1) is 13.4. The summed E-state index contributed by atoms with van der Waals surface area (Å²) in [7, 11) is 0. The van der Waals surface area contributed by atoms with E-state index in [9.17, 15) is 5.11 Å². The molecule has 1 aromatic rings. The summed E-state index contributed by atoms with van der Waals surface area (Å²) in [6, 6.07) is 8.15. The van der Waals surface area contributed by atoms with Crippen LogP contribution in [0.3, 0.4) is 0 Å². The third kappa shape index (κ3) is 4.02. The number of aliphatic hydroxyl groups is 1. The molecule has 0 heterocycles. The fourth-order valence-corrected chi connectivity index (χ4v) is 2.72. The number of rotatable bonds is 4. The predicted molar refractivity (Wildman–Crippen MR) is 73.9 cm³/mol. The highest BCUT2D eigenvalue weighted by Crippen LogP contribution is 2.27. The number of aliphatic hydroxyl groups excluding tert-OH is 1. The van der Waals surface area contributed by atoms with Gasteiger partial charge in [0.05, 0.1) is 12.2 Å². The molecule has 0 spiro atoms. The Kier molecular flexibility index (Phi) is 4.65. The van der Waals surface area contributed by atoms with Crippen LogP contribution >= 0.6 is 0 Å². The molecule has 1 aromatic carbocycles. The maximum absolute atomic E-state index is 9.33. The second kappa shape index (κ2) is 6.24. The van der Waals surface area contributed by atoms with Gasteiger partial charge in [-0.1, -0.05) is 25.5 Å². The molecule has 2 heteroatoms. The van der Waals surface area contributed by atoms with E-state index in [1.165, 1.54) is 25.7 Å². The number of ether oxygens (including phenoxy) is 1. The molecule has 0 aromatic heterocycles. The molecule has 2 rings (SSSR count). The lowest BCUT2D eigenvalue weighted by atomic mass is 9.89. The fraction of sp³-hybridized carbons (Fsp3) is 0.625. The maximum Gasteiger partial charge on any atom is 0.119 e. The van der Waals surface area contributed by atoms with Gasteiger partial charge in [0.15, 0.2) is 0 Å². The van der Waals surface area contributed by atoms with Crippen molar-refractivity contribution in [2.45, 2.75) is 58.2 Å². The standard InChI is InChI=1S/C16H24O2/c1-12-4-3-5-16(10-12)18-15-8-6-14(7-9-15)11-13(2)17/h6-9,12-13,16-17H,3-5,10-11H2,1-2H3. The molecule has 100 valence electrons. The molecule has 0 amide bonds. The molecule has 1 fully saturated rings. The minimum absolute atomic E-state index is 0.282. The van der Waals surface area contributed by atoms with E-state index in [-0.39, 0.29) is 6.10 Å². The molecule has 0 bridgehead atoms. The first-order valence-corrected chi connectivity index (χ1v) is 7.07. The van der Waals surface area contributed by atoms with Crippen molar-refractivity contribution >= 4 is 0 Å². The van der Waals surface area contributed by atoms with Crippen molar-refractivity contribution in [3.05, 3.63) is 29.8 Å². The van der Waals surface area contributed by atoms with Crippen molar-refractivity contribution in [2.24, 2.45) is 5.92 Å². The average Bonchev–Trinajstić information content (AvgIpc) is 2.31. The van der Waals surface area contributed by atoms with E-state index in [4.69, 9.17) is 4.74 Å². The fourth-order valence-electron chi connectivity index (χ4n) is 2.72. The van der Waals surface area contributed by atoms with Gasteiger partial charge in [0.25, 0.3) is 0 Å². The van der Waals surface area contributed by atoms with Crippen LogP contribution in [0.25, 0.3) is 0 Å². The zero-order valence-electron chi connectivity index (χ0n) is 11.4. The third-order valence-corrected chi connectivity index (χ3v) is 3.65. The summed E-state index contributed by atoms with van der Waals surface area (Å²) in [6.07, 6.45) is 5.79. The number of hydrogen-bond acceptors (Lipinski definition) is 2. The van der Waals surface area contributed by atoms with E-state index in [0.717, 1.165) is 17.2 Å². The molecule has 18 heavy (non-hydrogen) atoms. The quantitative estimate of drug-likeness (QED) is 0.882. The van der Waals surface area contributed by atoms with Crippen molar-refractivity contribution in [2.75, 3.05) is 0 Å². The van der Waals surface area contributed by atoms with E-state index in [1.807, 2.05) is 31.2 Å². The third-order valence-electron chi connectivity index (χ3n) is 3.65. The summed E-state index contributed by atoms with van der Waals surface area (Å²) < 4.78 is 6.02. The van der Waals surface area contributed by atoms with Crippen LogP contribution in [0.5, 0.6) is 5.75 Å². The topological polar surface area (TPSA) is 29.5 Å². The first-order valence-electron chi connectivity index (χ1n) is 7.07. The Morgan fingerprint density at radius 2 is 2.00 bits per heavy atom. The lowest BCUT2D eigenvalue weighted by Gasteiger charge is -2.27. The van der Waals surface area contributed by atoms with E-state index in [1.54, 1.807) is 0 Å². The van der Waals surface area contributed by atoms with Crippen molar-refractivity contribution in [1.82, 2.24) is 0 Å². The van der Waals surface area contributed by atoms with Crippen LogP contribution in [0.15, 0.2) is 24.3 Å². The SMILES string of the molecule is CC(O)Cc1ccc(OC2CCCC(C)C2)cc1. The van der Waals surface area contributed by atoms with E-state index >= 15 is 0 Å². The van der Waals surface area contributed by atoms with E-state index in [2.05, 4.69) is 6.92 Å². The van der Waals surface area contributed by atoms with Crippen LogP contribution in [0, 0.1) is 5.92 Å².